The van der Waals surface area contributed by atoms with Gasteiger partial charge in [0, 0.05) is 60.8 Å². The lowest BCUT2D eigenvalue weighted by molar-refractivity contribution is -0.159. The highest BCUT2D eigenvalue weighted by Crippen LogP contribution is 2.21. The molecule has 0 saturated carbocycles. The molecule has 6 rings (SSSR count). The van der Waals surface area contributed by atoms with Gasteiger partial charge in [-0.25, -0.2) is 28.9 Å². The lowest BCUT2D eigenvalue weighted by atomic mass is 10.3. The minimum atomic E-state index is -1.82. The van der Waals surface area contributed by atoms with Gasteiger partial charge in [-0.3, -0.25) is 9.80 Å². The standard InChI is InChI=1S/2C15H19ClN4OS.C2H2O4/c2*1-12-17-15(22-10-7-19-5-8-21-9-6-19)18-20(12)14-4-2-3-13(16)11-14;3-1(4)2(5)6/h2*2-4,11H,5-10H2,1H3;(H,3,4)(H,5,6). The van der Waals surface area contributed by atoms with Crippen molar-refractivity contribution < 1.29 is 29.3 Å². The lowest BCUT2D eigenvalue weighted by Crippen LogP contribution is -2.37. The van der Waals surface area contributed by atoms with Crippen LogP contribution in [-0.2, 0) is 19.1 Å². The highest BCUT2D eigenvalue weighted by Gasteiger charge is 2.14. The number of carboxylic acids is 2. The highest BCUT2D eigenvalue weighted by molar-refractivity contribution is 7.99. The van der Waals surface area contributed by atoms with E-state index in [0.29, 0.717) is 10.0 Å². The summed E-state index contributed by atoms with van der Waals surface area (Å²) < 4.78 is 14.4. The molecule has 4 heterocycles. The van der Waals surface area contributed by atoms with E-state index < -0.39 is 11.9 Å². The van der Waals surface area contributed by atoms with E-state index >= 15 is 0 Å². The van der Waals surface area contributed by atoms with Gasteiger partial charge in [0.1, 0.15) is 11.6 Å². The second-order valence-corrected chi connectivity index (χ2v) is 13.9. The number of carbonyl (C=O) groups is 2. The summed E-state index contributed by atoms with van der Waals surface area (Å²) in [5.41, 5.74) is 1.88. The third kappa shape index (κ3) is 13.2. The zero-order valence-electron chi connectivity index (χ0n) is 27.8. The first-order chi connectivity index (χ1) is 24.1. The van der Waals surface area contributed by atoms with Crippen LogP contribution in [0.25, 0.3) is 11.4 Å². The molecule has 0 unspecified atom stereocenters. The molecule has 2 aliphatic heterocycles. The number of hydrogen-bond acceptors (Lipinski definition) is 12. The maximum Gasteiger partial charge on any atom is 0.414 e. The molecule has 2 saturated heterocycles. The molecular weight excluding hydrogens is 727 g/mol. The van der Waals surface area contributed by atoms with Gasteiger partial charge in [-0.2, -0.15) is 0 Å². The van der Waals surface area contributed by atoms with Crippen LogP contribution in [0.2, 0.25) is 10.0 Å². The van der Waals surface area contributed by atoms with Gasteiger partial charge in [-0.15, -0.1) is 10.2 Å². The number of nitrogens with zero attached hydrogens (tertiary/aromatic N) is 8. The molecule has 0 radical (unpaired) electrons. The average molecular weight is 768 g/mol. The van der Waals surface area contributed by atoms with Gasteiger partial charge in [-0.05, 0) is 50.2 Å². The number of aromatic nitrogens is 6. The Balaban J connectivity index is 0.000000194. The van der Waals surface area contributed by atoms with Crippen molar-refractivity contribution in [3.63, 3.8) is 0 Å². The first-order valence-electron chi connectivity index (χ1n) is 15.8. The van der Waals surface area contributed by atoms with Crippen molar-refractivity contribution in [2.75, 3.05) is 77.2 Å². The average Bonchev–Trinajstić information content (AvgIpc) is 3.67. The zero-order chi connectivity index (χ0) is 35.9. The molecule has 2 N–H and O–H groups in total. The fourth-order valence-electron chi connectivity index (χ4n) is 4.74. The van der Waals surface area contributed by atoms with Crippen molar-refractivity contribution in [2.45, 2.75) is 24.2 Å². The Hall–Kier alpha value is -3.22. The minimum absolute atomic E-state index is 0.703. The van der Waals surface area contributed by atoms with E-state index in [0.717, 1.165) is 111 Å². The Bertz CT molecular complexity index is 1560. The Morgan fingerprint density at radius 1 is 0.700 bits per heavy atom. The van der Waals surface area contributed by atoms with Gasteiger partial charge in [0.05, 0.1) is 37.8 Å². The number of rotatable bonds is 10. The fraction of sp³-hybridized carbons (Fsp3) is 0.438. The second kappa shape index (κ2) is 20.6. The molecule has 0 atom stereocenters. The second-order valence-electron chi connectivity index (χ2n) is 10.9. The van der Waals surface area contributed by atoms with Gasteiger partial charge < -0.3 is 19.7 Å². The van der Waals surface area contributed by atoms with Crippen LogP contribution in [0.15, 0.2) is 58.8 Å². The summed E-state index contributed by atoms with van der Waals surface area (Å²) in [7, 11) is 0. The molecule has 270 valence electrons. The van der Waals surface area contributed by atoms with Crippen LogP contribution < -0.4 is 0 Å². The van der Waals surface area contributed by atoms with Crippen molar-refractivity contribution in [3.8, 4) is 11.4 Å². The van der Waals surface area contributed by atoms with E-state index in [1.165, 1.54) is 0 Å². The van der Waals surface area contributed by atoms with E-state index in [2.05, 4.69) is 30.0 Å². The normalized spacial score (nSPS) is 15.0. The molecule has 0 amide bonds. The van der Waals surface area contributed by atoms with E-state index in [9.17, 15) is 0 Å². The summed E-state index contributed by atoms with van der Waals surface area (Å²) in [5.74, 6) is 0.0649. The fourth-order valence-corrected chi connectivity index (χ4v) is 6.85. The predicted molar refractivity (Wildman–Crippen MR) is 193 cm³/mol. The highest BCUT2D eigenvalue weighted by atomic mass is 35.5. The smallest absolute Gasteiger partial charge is 0.414 e. The topological polar surface area (TPSA) is 161 Å². The monoisotopic (exact) mass is 766 g/mol. The van der Waals surface area contributed by atoms with Crippen LogP contribution in [0.4, 0.5) is 0 Å². The summed E-state index contributed by atoms with van der Waals surface area (Å²) in [6.45, 7) is 13.4. The first kappa shape index (κ1) is 39.6. The third-order valence-electron chi connectivity index (χ3n) is 7.27. The molecule has 4 aromatic rings. The molecule has 2 fully saturated rings. The van der Waals surface area contributed by atoms with Crippen molar-refractivity contribution in [1.82, 2.24) is 39.3 Å². The number of hydrogen-bond donors (Lipinski definition) is 2. The summed E-state index contributed by atoms with van der Waals surface area (Å²) in [4.78, 5) is 32.1. The number of benzene rings is 2. The molecule has 0 bridgehead atoms. The maximum absolute atomic E-state index is 9.10. The summed E-state index contributed by atoms with van der Waals surface area (Å²) in [6, 6.07) is 15.3. The van der Waals surface area contributed by atoms with Gasteiger partial charge in [0.2, 0.25) is 10.3 Å². The van der Waals surface area contributed by atoms with Gasteiger partial charge in [0.25, 0.3) is 0 Å². The quantitative estimate of drug-likeness (QED) is 0.172. The van der Waals surface area contributed by atoms with E-state index in [1.807, 2.05) is 71.7 Å². The van der Waals surface area contributed by atoms with Crippen molar-refractivity contribution in [3.05, 3.63) is 70.2 Å². The van der Waals surface area contributed by atoms with Crippen LogP contribution in [0.5, 0.6) is 0 Å². The number of aliphatic carboxylic acids is 2. The van der Waals surface area contributed by atoms with E-state index in [1.54, 1.807) is 23.5 Å². The predicted octanol–water partition coefficient (Wildman–Crippen LogP) is 4.46. The number of halogens is 2. The molecule has 0 spiro atoms. The third-order valence-corrected chi connectivity index (χ3v) is 9.38. The largest absolute Gasteiger partial charge is 0.473 e. The first-order valence-corrected chi connectivity index (χ1v) is 18.5. The van der Waals surface area contributed by atoms with Crippen LogP contribution >= 0.6 is 46.7 Å². The number of carboxylic acid groups (broad SMARTS) is 2. The zero-order valence-corrected chi connectivity index (χ0v) is 30.9. The van der Waals surface area contributed by atoms with Crippen molar-refractivity contribution in [2.24, 2.45) is 0 Å². The summed E-state index contributed by atoms with van der Waals surface area (Å²) in [6.07, 6.45) is 0. The van der Waals surface area contributed by atoms with E-state index in [4.69, 9.17) is 52.5 Å². The molecule has 2 aromatic heterocycles. The maximum atomic E-state index is 9.10. The van der Waals surface area contributed by atoms with Crippen molar-refractivity contribution in [1.29, 1.82) is 0 Å². The number of thioether (sulfide) groups is 2. The molecule has 2 aliphatic rings. The molecule has 14 nitrogen and oxygen atoms in total. The minimum Gasteiger partial charge on any atom is -0.473 e. The summed E-state index contributed by atoms with van der Waals surface area (Å²) >= 11 is 15.5. The molecule has 18 heteroatoms. The van der Waals surface area contributed by atoms with E-state index in [-0.39, 0.29) is 0 Å². The Morgan fingerprint density at radius 2 is 1.08 bits per heavy atom. The molecule has 2 aromatic carbocycles. The number of ether oxygens (including phenoxy) is 2. The van der Waals surface area contributed by atoms with Gasteiger partial charge in [0.15, 0.2) is 0 Å². The summed E-state index contributed by atoms with van der Waals surface area (Å²) in [5, 5.41) is 27.0. The Labute approximate surface area is 309 Å². The number of aryl methyl sites for hydroxylation is 2. The molecule has 50 heavy (non-hydrogen) atoms. The molecule has 0 aliphatic carbocycles. The van der Waals surface area contributed by atoms with Crippen LogP contribution in [0.1, 0.15) is 11.6 Å². The lowest BCUT2D eigenvalue weighted by Gasteiger charge is -2.25. The van der Waals surface area contributed by atoms with Crippen molar-refractivity contribution >= 4 is 58.7 Å². The van der Waals surface area contributed by atoms with Gasteiger partial charge >= 0.3 is 11.9 Å². The van der Waals surface area contributed by atoms with Crippen LogP contribution in [0, 0.1) is 13.8 Å². The Kier molecular flexibility index (Phi) is 16.3. The number of morpholine rings is 2. The SMILES string of the molecule is Cc1nc(SCCN2CCOCC2)nn1-c1cccc(Cl)c1.Cc1nc(SCCN2CCOCC2)nn1-c1cccc(Cl)c1.O=C(O)C(=O)O. The van der Waals surface area contributed by atoms with Crippen LogP contribution in [0.3, 0.4) is 0 Å². The molecular formula is C32H40Cl2N8O6S2. The Morgan fingerprint density at radius 3 is 1.42 bits per heavy atom. The van der Waals surface area contributed by atoms with Crippen LogP contribution in [-0.4, -0.2) is 139 Å². The van der Waals surface area contributed by atoms with Gasteiger partial charge in [-0.1, -0.05) is 58.9 Å².